The van der Waals surface area contributed by atoms with Crippen LogP contribution < -0.4 is 5.32 Å². The number of aliphatic carboxylic acids is 1. The fraction of sp³-hybridized carbons (Fsp3) is 0.438. The maximum absolute atomic E-state index is 11.8. The van der Waals surface area contributed by atoms with Crippen LogP contribution in [0, 0.1) is 0 Å². The van der Waals surface area contributed by atoms with Crippen LogP contribution in [0.25, 0.3) is 10.2 Å². The van der Waals surface area contributed by atoms with Crippen LogP contribution in [-0.4, -0.2) is 28.5 Å². The Kier molecular flexibility index (Phi) is 6.98. The van der Waals surface area contributed by atoms with E-state index in [1.54, 1.807) is 11.3 Å². The first kappa shape index (κ1) is 17.9. The van der Waals surface area contributed by atoms with Crippen molar-refractivity contribution in [2.75, 3.05) is 6.54 Å². The summed E-state index contributed by atoms with van der Waals surface area (Å²) >= 11 is 5.04. The molecule has 23 heavy (non-hydrogen) atoms. The predicted octanol–water partition coefficient (Wildman–Crippen LogP) is 3.75. The first-order valence-corrected chi connectivity index (χ1v) is 9.19. The molecule has 0 aliphatic rings. The Morgan fingerprint density at radius 3 is 2.83 bits per heavy atom. The molecule has 0 fully saturated rings. The number of unbranched alkanes of at least 4 members (excludes halogenated alkanes) is 2. The normalized spacial score (nSPS) is 10.8. The van der Waals surface area contributed by atoms with E-state index in [0.717, 1.165) is 32.5 Å². The van der Waals surface area contributed by atoms with E-state index in [4.69, 9.17) is 5.11 Å². The number of fused-ring (bicyclic) bond motifs is 1. The number of halogens is 1. The summed E-state index contributed by atoms with van der Waals surface area (Å²) in [6.07, 6.45) is 3.56. The maximum Gasteiger partial charge on any atom is 0.303 e. The molecule has 7 heteroatoms. The Balaban J connectivity index is 1.66. The van der Waals surface area contributed by atoms with Gasteiger partial charge < -0.3 is 10.4 Å². The van der Waals surface area contributed by atoms with Crippen LogP contribution in [0.2, 0.25) is 0 Å². The number of aryl methyl sites for hydroxylation is 1. The lowest BCUT2D eigenvalue weighted by Gasteiger charge is -2.03. The third-order valence-electron chi connectivity index (χ3n) is 3.35. The molecule has 1 aromatic carbocycles. The lowest BCUT2D eigenvalue weighted by Crippen LogP contribution is -2.24. The molecule has 0 saturated heterocycles. The summed E-state index contributed by atoms with van der Waals surface area (Å²) in [4.78, 5) is 26.7. The number of benzene rings is 1. The summed E-state index contributed by atoms with van der Waals surface area (Å²) in [5.74, 6) is -0.749. The molecule has 0 radical (unpaired) electrons. The van der Waals surface area contributed by atoms with Crippen molar-refractivity contribution in [2.24, 2.45) is 0 Å². The minimum atomic E-state index is -0.767. The summed E-state index contributed by atoms with van der Waals surface area (Å²) in [5.41, 5.74) is 0.957. The second-order valence-corrected chi connectivity index (χ2v) is 7.30. The number of nitrogens with zero attached hydrogens (tertiary/aromatic N) is 1. The largest absolute Gasteiger partial charge is 0.481 e. The van der Waals surface area contributed by atoms with E-state index < -0.39 is 5.97 Å². The fourth-order valence-corrected chi connectivity index (χ4v) is 3.47. The third-order valence-corrected chi connectivity index (χ3v) is 4.94. The molecule has 5 nitrogen and oxygen atoms in total. The molecule has 0 aliphatic carbocycles. The van der Waals surface area contributed by atoms with Gasteiger partial charge >= 0.3 is 5.97 Å². The van der Waals surface area contributed by atoms with Crippen molar-refractivity contribution in [3.05, 3.63) is 27.7 Å². The van der Waals surface area contributed by atoms with E-state index in [1.807, 2.05) is 18.2 Å². The number of carbonyl (C=O) groups excluding carboxylic acids is 1. The molecule has 0 aliphatic heterocycles. The molecule has 1 heterocycles. The van der Waals surface area contributed by atoms with Crippen LogP contribution >= 0.6 is 27.3 Å². The highest BCUT2D eigenvalue weighted by Crippen LogP contribution is 2.25. The predicted molar refractivity (Wildman–Crippen MR) is 94.8 cm³/mol. The minimum absolute atomic E-state index is 0.0173. The topological polar surface area (TPSA) is 79.3 Å². The van der Waals surface area contributed by atoms with Gasteiger partial charge in [-0.3, -0.25) is 9.59 Å². The standard InChI is InChI=1S/C16H19BrN2O3S/c17-11-5-6-13-12(10-11)19-15(23-13)8-7-14(20)18-9-3-1-2-4-16(21)22/h5-6,10H,1-4,7-9H2,(H,18,20)(H,21,22). The van der Waals surface area contributed by atoms with Crippen molar-refractivity contribution >= 4 is 49.4 Å². The number of carboxylic acids is 1. The maximum atomic E-state index is 11.8. The Labute approximate surface area is 147 Å². The zero-order valence-electron chi connectivity index (χ0n) is 12.7. The van der Waals surface area contributed by atoms with Gasteiger partial charge in [-0.25, -0.2) is 4.98 Å². The number of carboxylic acid groups (broad SMARTS) is 1. The first-order valence-electron chi connectivity index (χ1n) is 7.58. The molecule has 1 amide bonds. The van der Waals surface area contributed by atoms with E-state index in [9.17, 15) is 9.59 Å². The summed E-state index contributed by atoms with van der Waals surface area (Å²) < 4.78 is 2.13. The zero-order chi connectivity index (χ0) is 16.7. The van der Waals surface area contributed by atoms with E-state index >= 15 is 0 Å². The highest BCUT2D eigenvalue weighted by Gasteiger charge is 2.07. The van der Waals surface area contributed by atoms with Crippen molar-refractivity contribution in [3.8, 4) is 0 Å². The van der Waals surface area contributed by atoms with Gasteiger partial charge in [-0.15, -0.1) is 11.3 Å². The number of hydrogen-bond acceptors (Lipinski definition) is 4. The SMILES string of the molecule is O=C(O)CCCCCNC(=O)CCc1nc2cc(Br)ccc2s1. The number of aromatic nitrogens is 1. The average molecular weight is 399 g/mol. The van der Waals surface area contributed by atoms with Crippen LogP contribution in [0.3, 0.4) is 0 Å². The lowest BCUT2D eigenvalue weighted by atomic mass is 10.2. The monoisotopic (exact) mass is 398 g/mol. The molecule has 2 rings (SSSR count). The Morgan fingerprint density at radius 1 is 1.22 bits per heavy atom. The average Bonchev–Trinajstić information content (AvgIpc) is 2.90. The Bertz CT molecular complexity index is 687. The van der Waals surface area contributed by atoms with Crippen LogP contribution in [-0.2, 0) is 16.0 Å². The number of amides is 1. The third kappa shape index (κ3) is 6.27. The summed E-state index contributed by atoms with van der Waals surface area (Å²) in [6.45, 7) is 0.602. The van der Waals surface area contributed by atoms with Crippen molar-refractivity contribution in [2.45, 2.75) is 38.5 Å². The van der Waals surface area contributed by atoms with Crippen LogP contribution in [0.1, 0.15) is 37.1 Å². The number of carbonyl (C=O) groups is 2. The van der Waals surface area contributed by atoms with Crippen LogP contribution in [0.15, 0.2) is 22.7 Å². The van der Waals surface area contributed by atoms with Gasteiger partial charge in [0.05, 0.1) is 15.2 Å². The smallest absolute Gasteiger partial charge is 0.303 e. The van der Waals surface area contributed by atoms with Gasteiger partial charge in [-0.1, -0.05) is 22.4 Å². The summed E-state index contributed by atoms with van der Waals surface area (Å²) in [5, 5.41) is 12.4. The fourth-order valence-electron chi connectivity index (χ4n) is 2.17. The van der Waals surface area contributed by atoms with E-state index in [0.29, 0.717) is 25.8 Å². The number of nitrogens with one attached hydrogen (secondary N) is 1. The van der Waals surface area contributed by atoms with Gasteiger partial charge in [0.15, 0.2) is 0 Å². The Morgan fingerprint density at radius 2 is 2.04 bits per heavy atom. The van der Waals surface area contributed by atoms with Gasteiger partial charge in [0.2, 0.25) is 5.91 Å². The number of thiazole rings is 1. The molecule has 0 atom stereocenters. The second kappa shape index (κ2) is 8.98. The lowest BCUT2D eigenvalue weighted by molar-refractivity contribution is -0.137. The second-order valence-electron chi connectivity index (χ2n) is 5.27. The Hall–Kier alpha value is -1.47. The van der Waals surface area contributed by atoms with Gasteiger partial charge in [-0.2, -0.15) is 0 Å². The van der Waals surface area contributed by atoms with E-state index in [1.165, 1.54) is 0 Å². The van der Waals surface area contributed by atoms with Crippen molar-refractivity contribution in [1.29, 1.82) is 0 Å². The minimum Gasteiger partial charge on any atom is -0.481 e. The molecule has 0 bridgehead atoms. The quantitative estimate of drug-likeness (QED) is 0.630. The highest BCUT2D eigenvalue weighted by molar-refractivity contribution is 9.10. The van der Waals surface area contributed by atoms with E-state index in [2.05, 4.69) is 26.2 Å². The molecule has 2 N–H and O–H groups in total. The van der Waals surface area contributed by atoms with Gasteiger partial charge in [-0.05, 0) is 31.0 Å². The van der Waals surface area contributed by atoms with Crippen LogP contribution in [0.4, 0.5) is 0 Å². The van der Waals surface area contributed by atoms with Crippen molar-refractivity contribution < 1.29 is 14.7 Å². The molecule has 0 spiro atoms. The van der Waals surface area contributed by atoms with E-state index in [-0.39, 0.29) is 12.3 Å². The van der Waals surface area contributed by atoms with Gasteiger partial charge in [0, 0.05) is 30.3 Å². The summed E-state index contributed by atoms with van der Waals surface area (Å²) in [7, 11) is 0. The summed E-state index contributed by atoms with van der Waals surface area (Å²) in [6, 6.07) is 5.99. The van der Waals surface area contributed by atoms with Gasteiger partial charge in [0.1, 0.15) is 0 Å². The molecule has 1 aromatic heterocycles. The van der Waals surface area contributed by atoms with Crippen molar-refractivity contribution in [1.82, 2.24) is 10.3 Å². The molecule has 124 valence electrons. The molecular formula is C16H19BrN2O3S. The molecular weight excluding hydrogens is 380 g/mol. The zero-order valence-corrected chi connectivity index (χ0v) is 15.1. The molecule has 2 aromatic rings. The molecule has 0 unspecified atom stereocenters. The van der Waals surface area contributed by atoms with Crippen LogP contribution in [0.5, 0.6) is 0 Å². The molecule has 0 saturated carbocycles. The number of rotatable bonds is 9. The first-order chi connectivity index (χ1) is 11.0. The van der Waals surface area contributed by atoms with Crippen molar-refractivity contribution in [3.63, 3.8) is 0 Å². The number of hydrogen-bond donors (Lipinski definition) is 2. The van der Waals surface area contributed by atoms with Gasteiger partial charge in [0.25, 0.3) is 0 Å². The highest BCUT2D eigenvalue weighted by atomic mass is 79.9.